The van der Waals surface area contributed by atoms with Crippen molar-refractivity contribution < 1.29 is 8.78 Å². The second kappa shape index (κ2) is 5.51. The van der Waals surface area contributed by atoms with Crippen LogP contribution in [0.5, 0.6) is 0 Å². The van der Waals surface area contributed by atoms with Crippen LogP contribution < -0.4 is 11.3 Å². The van der Waals surface area contributed by atoms with E-state index in [9.17, 15) is 8.78 Å². The summed E-state index contributed by atoms with van der Waals surface area (Å²) >= 11 is 1.51. The number of hydrogen-bond acceptors (Lipinski definition) is 4. The summed E-state index contributed by atoms with van der Waals surface area (Å²) in [6.45, 7) is 1.89. The Morgan fingerprint density at radius 1 is 1.33 bits per heavy atom. The first-order valence-corrected chi connectivity index (χ1v) is 6.23. The van der Waals surface area contributed by atoms with Gasteiger partial charge in [-0.25, -0.2) is 13.8 Å². The van der Waals surface area contributed by atoms with E-state index >= 15 is 0 Å². The van der Waals surface area contributed by atoms with E-state index in [1.54, 1.807) is 6.20 Å². The van der Waals surface area contributed by atoms with Gasteiger partial charge in [0.15, 0.2) is 0 Å². The maximum Gasteiger partial charge on any atom is 0.126 e. The summed E-state index contributed by atoms with van der Waals surface area (Å²) in [6.07, 6.45) is 2.13. The normalized spacial score (nSPS) is 12.7. The number of nitrogens with zero attached hydrogens (tertiary/aromatic N) is 1. The van der Waals surface area contributed by atoms with Crippen molar-refractivity contribution in [1.82, 2.24) is 10.4 Å². The monoisotopic (exact) mass is 269 g/mol. The highest BCUT2D eigenvalue weighted by atomic mass is 32.1. The second-order valence-corrected chi connectivity index (χ2v) is 5.25. The molecule has 2 aromatic rings. The van der Waals surface area contributed by atoms with E-state index in [2.05, 4.69) is 10.4 Å². The number of halogens is 2. The minimum atomic E-state index is -0.582. The van der Waals surface area contributed by atoms with E-state index in [1.165, 1.54) is 23.5 Å². The van der Waals surface area contributed by atoms with Crippen molar-refractivity contribution >= 4 is 11.3 Å². The molecule has 0 amide bonds. The van der Waals surface area contributed by atoms with E-state index in [0.717, 1.165) is 16.0 Å². The highest BCUT2D eigenvalue weighted by Gasteiger charge is 2.14. The molecule has 0 bridgehead atoms. The van der Waals surface area contributed by atoms with Crippen LogP contribution in [0, 0.1) is 18.6 Å². The third-order valence-corrected chi connectivity index (χ3v) is 3.57. The van der Waals surface area contributed by atoms with Crippen LogP contribution in [-0.4, -0.2) is 4.98 Å². The minimum Gasteiger partial charge on any atom is -0.271 e. The number of thiazole rings is 1. The Morgan fingerprint density at radius 2 is 2.00 bits per heavy atom. The Balaban J connectivity index is 2.20. The van der Waals surface area contributed by atoms with Gasteiger partial charge in [-0.05, 0) is 31.0 Å². The van der Waals surface area contributed by atoms with Crippen molar-refractivity contribution in [2.75, 3.05) is 0 Å². The molecular formula is C12H13F2N3S. The molecule has 6 heteroatoms. The quantitative estimate of drug-likeness (QED) is 0.662. The fourth-order valence-electron chi connectivity index (χ4n) is 1.75. The standard InChI is InChI=1S/C12H13F2N3S/c1-7-16-6-12(18-7)11(17-15)4-8-2-9(13)5-10(14)3-8/h2-3,5-6,11,17H,4,15H2,1H3. The Labute approximate surface area is 108 Å². The Bertz CT molecular complexity index is 522. The minimum absolute atomic E-state index is 0.197. The molecule has 3 N–H and O–H groups in total. The summed E-state index contributed by atoms with van der Waals surface area (Å²) in [5.74, 6) is 4.32. The molecule has 1 aromatic heterocycles. The van der Waals surface area contributed by atoms with E-state index in [0.29, 0.717) is 12.0 Å². The predicted octanol–water partition coefficient (Wildman–Crippen LogP) is 2.48. The number of aromatic nitrogens is 1. The molecule has 1 atom stereocenters. The number of hydrogen-bond donors (Lipinski definition) is 2. The first-order valence-electron chi connectivity index (χ1n) is 5.42. The van der Waals surface area contributed by atoms with Gasteiger partial charge in [0, 0.05) is 17.1 Å². The van der Waals surface area contributed by atoms with Crippen molar-refractivity contribution in [2.24, 2.45) is 5.84 Å². The molecule has 3 nitrogen and oxygen atoms in total. The van der Waals surface area contributed by atoms with Gasteiger partial charge in [-0.1, -0.05) is 0 Å². The highest BCUT2D eigenvalue weighted by Crippen LogP contribution is 2.23. The molecule has 0 aliphatic carbocycles. The van der Waals surface area contributed by atoms with Crippen molar-refractivity contribution in [2.45, 2.75) is 19.4 Å². The van der Waals surface area contributed by atoms with Gasteiger partial charge in [0.05, 0.1) is 11.0 Å². The van der Waals surface area contributed by atoms with Crippen LogP contribution in [0.3, 0.4) is 0 Å². The third-order valence-electron chi connectivity index (χ3n) is 2.55. The van der Waals surface area contributed by atoms with Crippen LogP contribution in [0.1, 0.15) is 21.5 Å². The highest BCUT2D eigenvalue weighted by molar-refractivity contribution is 7.11. The van der Waals surface area contributed by atoms with Crippen LogP contribution in [0.2, 0.25) is 0 Å². The summed E-state index contributed by atoms with van der Waals surface area (Å²) in [6, 6.07) is 3.27. The van der Waals surface area contributed by atoms with Crippen molar-refractivity contribution in [3.05, 3.63) is 51.5 Å². The fourth-order valence-corrected chi connectivity index (χ4v) is 2.59. The lowest BCUT2D eigenvalue weighted by molar-refractivity contribution is 0.546. The molecule has 0 aliphatic heterocycles. The fraction of sp³-hybridized carbons (Fsp3) is 0.250. The summed E-state index contributed by atoms with van der Waals surface area (Å²) in [5.41, 5.74) is 3.20. The van der Waals surface area contributed by atoms with Gasteiger partial charge in [0.2, 0.25) is 0 Å². The molecule has 0 saturated carbocycles. The van der Waals surface area contributed by atoms with Crippen LogP contribution in [0.25, 0.3) is 0 Å². The molecule has 1 unspecified atom stereocenters. The molecule has 1 heterocycles. The molecule has 1 aromatic carbocycles. The Kier molecular flexibility index (Phi) is 4.00. The van der Waals surface area contributed by atoms with Gasteiger partial charge >= 0.3 is 0 Å². The number of hydrazine groups is 1. The lowest BCUT2D eigenvalue weighted by Crippen LogP contribution is -2.29. The molecule has 0 fully saturated rings. The van der Waals surface area contributed by atoms with Gasteiger partial charge in [0.25, 0.3) is 0 Å². The number of nitrogens with two attached hydrogens (primary N) is 1. The lowest BCUT2D eigenvalue weighted by Gasteiger charge is -2.13. The summed E-state index contributed by atoms with van der Waals surface area (Å²) in [4.78, 5) is 5.08. The smallest absolute Gasteiger partial charge is 0.126 e. The molecule has 0 aliphatic rings. The van der Waals surface area contributed by atoms with Crippen LogP contribution >= 0.6 is 11.3 Å². The molecule has 96 valence electrons. The largest absolute Gasteiger partial charge is 0.271 e. The lowest BCUT2D eigenvalue weighted by atomic mass is 10.1. The van der Waals surface area contributed by atoms with Crippen LogP contribution in [-0.2, 0) is 6.42 Å². The van der Waals surface area contributed by atoms with Crippen LogP contribution in [0.15, 0.2) is 24.4 Å². The number of benzene rings is 1. The number of nitrogens with one attached hydrogen (secondary N) is 1. The number of aryl methyl sites for hydroxylation is 1. The van der Waals surface area contributed by atoms with Crippen LogP contribution in [0.4, 0.5) is 8.78 Å². The molecule has 0 radical (unpaired) electrons. The number of rotatable bonds is 4. The predicted molar refractivity (Wildman–Crippen MR) is 67.0 cm³/mol. The zero-order valence-corrected chi connectivity index (χ0v) is 10.6. The van der Waals surface area contributed by atoms with Gasteiger partial charge < -0.3 is 0 Å². The molecule has 2 rings (SSSR count). The van der Waals surface area contributed by atoms with Gasteiger partial charge in [-0.3, -0.25) is 11.3 Å². The Morgan fingerprint density at radius 3 is 2.50 bits per heavy atom. The van der Waals surface area contributed by atoms with Crippen molar-refractivity contribution in [3.63, 3.8) is 0 Å². The van der Waals surface area contributed by atoms with Crippen molar-refractivity contribution in [1.29, 1.82) is 0 Å². The van der Waals surface area contributed by atoms with Gasteiger partial charge in [-0.2, -0.15) is 0 Å². The summed E-state index contributed by atoms with van der Waals surface area (Å²) in [5, 5.41) is 0.927. The summed E-state index contributed by atoms with van der Waals surface area (Å²) in [7, 11) is 0. The summed E-state index contributed by atoms with van der Waals surface area (Å²) < 4.78 is 26.2. The Hall–Kier alpha value is -1.37. The van der Waals surface area contributed by atoms with E-state index in [-0.39, 0.29) is 6.04 Å². The zero-order chi connectivity index (χ0) is 13.1. The molecule has 0 saturated heterocycles. The first kappa shape index (κ1) is 13.1. The average Bonchev–Trinajstić information content (AvgIpc) is 2.71. The first-order chi connectivity index (χ1) is 8.58. The van der Waals surface area contributed by atoms with Gasteiger partial charge in [-0.15, -0.1) is 11.3 Å². The van der Waals surface area contributed by atoms with E-state index < -0.39 is 11.6 Å². The van der Waals surface area contributed by atoms with E-state index in [4.69, 9.17) is 5.84 Å². The third kappa shape index (κ3) is 3.10. The van der Waals surface area contributed by atoms with Crippen molar-refractivity contribution in [3.8, 4) is 0 Å². The topological polar surface area (TPSA) is 50.9 Å². The van der Waals surface area contributed by atoms with Gasteiger partial charge in [0.1, 0.15) is 11.6 Å². The van der Waals surface area contributed by atoms with E-state index in [1.807, 2.05) is 6.92 Å². The molecule has 18 heavy (non-hydrogen) atoms. The molecular weight excluding hydrogens is 256 g/mol. The SMILES string of the molecule is Cc1ncc(C(Cc2cc(F)cc(F)c2)NN)s1. The maximum absolute atomic E-state index is 13.1. The zero-order valence-electron chi connectivity index (χ0n) is 9.78. The average molecular weight is 269 g/mol. The second-order valence-electron chi connectivity index (χ2n) is 3.98. The molecule has 0 spiro atoms. The maximum atomic E-state index is 13.1.